The Morgan fingerprint density at radius 2 is 1.97 bits per heavy atom. The maximum absolute atomic E-state index is 12.7. The van der Waals surface area contributed by atoms with Gasteiger partial charge in [-0.05, 0) is 54.8 Å². The fourth-order valence-electron chi connectivity index (χ4n) is 2.88. The number of amides is 1. The number of hydrogen-bond donors (Lipinski definition) is 1. The fraction of sp³-hybridized carbons (Fsp3) is 0.208. The molecule has 6 nitrogen and oxygen atoms in total. The van der Waals surface area contributed by atoms with Crippen LogP contribution < -0.4 is 15.7 Å². The molecular formula is C24H24ClN3O3. The van der Waals surface area contributed by atoms with Gasteiger partial charge in [0.05, 0.1) is 24.4 Å². The van der Waals surface area contributed by atoms with E-state index in [2.05, 4.69) is 10.5 Å². The average Bonchev–Trinajstić information content (AvgIpc) is 2.76. The first-order valence-electron chi connectivity index (χ1n) is 9.98. The lowest BCUT2D eigenvalue weighted by Gasteiger charge is -2.08. The third-order valence-corrected chi connectivity index (χ3v) is 4.83. The Balaban J connectivity index is 1.67. The van der Waals surface area contributed by atoms with Crippen LogP contribution in [0.15, 0.2) is 70.7 Å². The zero-order valence-corrected chi connectivity index (χ0v) is 18.2. The van der Waals surface area contributed by atoms with Gasteiger partial charge in [0, 0.05) is 6.20 Å². The second-order valence-electron chi connectivity index (χ2n) is 7.08. The second kappa shape index (κ2) is 10.6. The minimum atomic E-state index is -0.575. The number of aryl methyl sites for hydroxylation is 1. The van der Waals surface area contributed by atoms with E-state index in [1.165, 1.54) is 16.8 Å². The van der Waals surface area contributed by atoms with Gasteiger partial charge >= 0.3 is 0 Å². The Morgan fingerprint density at radius 1 is 1.19 bits per heavy atom. The van der Waals surface area contributed by atoms with Crippen molar-refractivity contribution in [2.24, 2.45) is 5.10 Å². The number of pyridine rings is 1. The Bertz CT molecular complexity index is 1140. The van der Waals surface area contributed by atoms with E-state index in [0.29, 0.717) is 29.5 Å². The van der Waals surface area contributed by atoms with Gasteiger partial charge in [-0.1, -0.05) is 48.4 Å². The third kappa shape index (κ3) is 6.06. The van der Waals surface area contributed by atoms with Crippen LogP contribution in [0, 0.1) is 6.92 Å². The Labute approximate surface area is 186 Å². The van der Waals surface area contributed by atoms with E-state index in [9.17, 15) is 9.59 Å². The van der Waals surface area contributed by atoms with E-state index < -0.39 is 5.91 Å². The zero-order chi connectivity index (χ0) is 22.2. The van der Waals surface area contributed by atoms with Gasteiger partial charge < -0.3 is 9.30 Å². The number of benzene rings is 2. The summed E-state index contributed by atoms with van der Waals surface area (Å²) >= 11 is 6.20. The van der Waals surface area contributed by atoms with Crippen molar-refractivity contribution < 1.29 is 9.53 Å². The van der Waals surface area contributed by atoms with Gasteiger partial charge in [-0.2, -0.15) is 5.10 Å². The Hall–Kier alpha value is -3.38. The molecule has 1 amide bonds. The van der Waals surface area contributed by atoms with Gasteiger partial charge in [-0.15, -0.1) is 0 Å². The summed E-state index contributed by atoms with van der Waals surface area (Å²) in [7, 11) is 0. The lowest BCUT2D eigenvalue weighted by molar-refractivity contribution is 0.0953. The van der Waals surface area contributed by atoms with Gasteiger partial charge in [0.1, 0.15) is 11.3 Å². The first kappa shape index (κ1) is 22.3. The van der Waals surface area contributed by atoms with E-state index in [1.807, 2.05) is 38.1 Å². The SMILES string of the molecule is CCCOc1ccc(/C=N\NC(=O)c2cccn(Cc3ccc(C)cc3)c2=O)cc1Cl. The standard InChI is InChI=1S/C24H24ClN3O3/c1-3-13-31-22-11-10-19(14-21(22)25)15-26-27-23(29)20-5-4-12-28(24(20)30)16-18-8-6-17(2)7-9-18/h4-12,14-15H,3,13,16H2,1-2H3,(H,27,29)/b26-15-. The molecule has 0 radical (unpaired) electrons. The van der Waals surface area contributed by atoms with Crippen LogP contribution in [0.25, 0.3) is 0 Å². The fourth-order valence-corrected chi connectivity index (χ4v) is 3.12. The van der Waals surface area contributed by atoms with Gasteiger partial charge in [0.25, 0.3) is 11.5 Å². The summed E-state index contributed by atoms with van der Waals surface area (Å²) in [4.78, 5) is 25.2. The molecule has 31 heavy (non-hydrogen) atoms. The Morgan fingerprint density at radius 3 is 2.68 bits per heavy atom. The highest BCUT2D eigenvalue weighted by atomic mass is 35.5. The summed E-state index contributed by atoms with van der Waals surface area (Å²) in [6.07, 6.45) is 4.01. The van der Waals surface area contributed by atoms with E-state index >= 15 is 0 Å². The van der Waals surface area contributed by atoms with Crippen molar-refractivity contribution in [1.82, 2.24) is 9.99 Å². The predicted molar refractivity (Wildman–Crippen MR) is 123 cm³/mol. The molecule has 0 spiro atoms. The number of nitrogens with one attached hydrogen (secondary N) is 1. The van der Waals surface area contributed by atoms with Crippen molar-refractivity contribution in [2.75, 3.05) is 6.61 Å². The van der Waals surface area contributed by atoms with Crippen molar-refractivity contribution >= 4 is 23.7 Å². The number of hydrazone groups is 1. The number of halogens is 1. The molecule has 0 saturated carbocycles. The number of carbonyl (C=O) groups excluding carboxylic acids is 1. The molecule has 0 aliphatic heterocycles. The summed E-state index contributed by atoms with van der Waals surface area (Å²) < 4.78 is 7.03. The molecule has 0 atom stereocenters. The maximum Gasteiger partial charge on any atom is 0.276 e. The maximum atomic E-state index is 12.7. The average molecular weight is 438 g/mol. The zero-order valence-electron chi connectivity index (χ0n) is 17.5. The lowest BCUT2D eigenvalue weighted by Crippen LogP contribution is -2.30. The molecule has 2 aromatic carbocycles. The van der Waals surface area contributed by atoms with Crippen molar-refractivity contribution in [2.45, 2.75) is 26.8 Å². The van der Waals surface area contributed by atoms with Crippen LogP contribution in [0.2, 0.25) is 5.02 Å². The van der Waals surface area contributed by atoms with Gasteiger partial charge in [0.15, 0.2) is 0 Å². The van der Waals surface area contributed by atoms with Gasteiger partial charge in [-0.3, -0.25) is 9.59 Å². The van der Waals surface area contributed by atoms with Gasteiger partial charge in [0.2, 0.25) is 0 Å². The second-order valence-corrected chi connectivity index (χ2v) is 7.49. The molecule has 7 heteroatoms. The molecular weight excluding hydrogens is 414 g/mol. The number of rotatable bonds is 8. The summed E-state index contributed by atoms with van der Waals surface area (Å²) in [5, 5.41) is 4.41. The van der Waals surface area contributed by atoms with Crippen molar-refractivity contribution in [3.63, 3.8) is 0 Å². The smallest absolute Gasteiger partial charge is 0.276 e. The summed E-state index contributed by atoms with van der Waals surface area (Å²) in [5.74, 6) is 0.0246. The van der Waals surface area contributed by atoms with E-state index in [0.717, 1.165) is 17.5 Å². The van der Waals surface area contributed by atoms with Crippen molar-refractivity contribution in [1.29, 1.82) is 0 Å². The topological polar surface area (TPSA) is 72.7 Å². The third-order valence-electron chi connectivity index (χ3n) is 4.54. The summed E-state index contributed by atoms with van der Waals surface area (Å²) in [6, 6.07) is 16.3. The molecule has 3 rings (SSSR count). The molecule has 1 heterocycles. The number of hydrogen-bond acceptors (Lipinski definition) is 4. The van der Waals surface area contributed by atoms with Gasteiger partial charge in [-0.25, -0.2) is 5.43 Å². The Kier molecular flexibility index (Phi) is 7.62. The normalized spacial score (nSPS) is 10.9. The number of ether oxygens (including phenoxy) is 1. The molecule has 0 aliphatic carbocycles. The van der Waals surface area contributed by atoms with Crippen LogP contribution in [-0.4, -0.2) is 23.3 Å². The van der Waals surface area contributed by atoms with Crippen LogP contribution in [0.4, 0.5) is 0 Å². The highest BCUT2D eigenvalue weighted by molar-refractivity contribution is 6.32. The molecule has 1 N–H and O–H groups in total. The largest absolute Gasteiger partial charge is 0.492 e. The minimum Gasteiger partial charge on any atom is -0.492 e. The summed E-state index contributed by atoms with van der Waals surface area (Å²) in [6.45, 7) is 4.99. The minimum absolute atomic E-state index is 0.0214. The molecule has 0 saturated heterocycles. The number of carbonyl (C=O) groups is 1. The molecule has 0 aliphatic rings. The molecule has 3 aromatic rings. The number of aromatic nitrogens is 1. The monoisotopic (exact) mass is 437 g/mol. The molecule has 1 aromatic heterocycles. The van der Waals surface area contributed by atoms with Crippen LogP contribution in [-0.2, 0) is 6.54 Å². The van der Waals surface area contributed by atoms with Crippen LogP contribution >= 0.6 is 11.6 Å². The van der Waals surface area contributed by atoms with Crippen LogP contribution in [0.1, 0.15) is 40.4 Å². The highest BCUT2D eigenvalue weighted by Crippen LogP contribution is 2.25. The van der Waals surface area contributed by atoms with Crippen molar-refractivity contribution in [3.05, 3.63) is 98.4 Å². The summed E-state index contributed by atoms with van der Waals surface area (Å²) in [5.41, 5.74) is 4.86. The van der Waals surface area contributed by atoms with Crippen LogP contribution in [0.5, 0.6) is 5.75 Å². The predicted octanol–water partition coefficient (Wildman–Crippen LogP) is 4.41. The lowest BCUT2D eigenvalue weighted by atomic mass is 10.1. The molecule has 0 unspecified atom stereocenters. The number of nitrogens with zero attached hydrogens (tertiary/aromatic N) is 2. The molecule has 160 valence electrons. The van der Waals surface area contributed by atoms with E-state index in [1.54, 1.807) is 30.5 Å². The highest BCUT2D eigenvalue weighted by Gasteiger charge is 2.11. The molecule has 0 fully saturated rings. The first-order chi connectivity index (χ1) is 15.0. The van der Waals surface area contributed by atoms with E-state index in [-0.39, 0.29) is 11.1 Å². The van der Waals surface area contributed by atoms with Crippen LogP contribution in [0.3, 0.4) is 0 Å². The van der Waals surface area contributed by atoms with E-state index in [4.69, 9.17) is 16.3 Å². The first-order valence-corrected chi connectivity index (χ1v) is 10.4. The quantitative estimate of drug-likeness (QED) is 0.419. The van der Waals surface area contributed by atoms with Crippen molar-refractivity contribution in [3.8, 4) is 5.75 Å². The molecule has 0 bridgehead atoms.